The van der Waals surface area contributed by atoms with Gasteiger partial charge < -0.3 is 10.1 Å². The Hall–Kier alpha value is -1.80. The molecule has 0 aliphatic carbocycles. The second-order valence-corrected chi connectivity index (χ2v) is 6.07. The fraction of sp³-hybridized carbons (Fsp3) is 0.400. The molecule has 1 N–H and O–H groups in total. The predicted octanol–water partition coefficient (Wildman–Crippen LogP) is 5.02. The van der Waals surface area contributed by atoms with Crippen molar-refractivity contribution in [1.29, 1.82) is 0 Å². The first kappa shape index (κ1) is 16.6. The second-order valence-electron chi connectivity index (χ2n) is 6.07. The van der Waals surface area contributed by atoms with Gasteiger partial charge in [0.2, 0.25) is 0 Å². The van der Waals surface area contributed by atoms with Gasteiger partial charge in [0.1, 0.15) is 5.75 Å². The quantitative estimate of drug-likeness (QED) is 0.774. The molecule has 22 heavy (non-hydrogen) atoms. The number of hydrogen-bond acceptors (Lipinski definition) is 2. The number of benzene rings is 2. The van der Waals surface area contributed by atoms with E-state index in [4.69, 9.17) is 4.74 Å². The molecule has 0 heterocycles. The molecule has 0 radical (unpaired) electrons. The van der Waals surface area contributed by atoms with Crippen molar-refractivity contribution in [2.75, 3.05) is 0 Å². The predicted molar refractivity (Wildman–Crippen MR) is 93.3 cm³/mol. The maximum Gasteiger partial charge on any atom is 0.119 e. The molecule has 118 valence electrons. The van der Waals surface area contributed by atoms with Crippen molar-refractivity contribution in [3.05, 3.63) is 65.2 Å². The lowest BCUT2D eigenvalue weighted by Crippen LogP contribution is -2.20. The minimum Gasteiger partial charge on any atom is -0.491 e. The highest BCUT2D eigenvalue weighted by atomic mass is 16.5. The zero-order valence-electron chi connectivity index (χ0n) is 14.1. The van der Waals surface area contributed by atoms with Gasteiger partial charge in [0.15, 0.2) is 0 Å². The van der Waals surface area contributed by atoms with Crippen LogP contribution in [-0.4, -0.2) is 6.10 Å². The van der Waals surface area contributed by atoms with E-state index >= 15 is 0 Å². The van der Waals surface area contributed by atoms with E-state index in [0.29, 0.717) is 6.04 Å². The summed E-state index contributed by atoms with van der Waals surface area (Å²) in [6, 6.07) is 17.5. The molecule has 0 amide bonds. The monoisotopic (exact) mass is 297 g/mol. The van der Waals surface area contributed by atoms with Crippen LogP contribution in [-0.2, 0) is 6.54 Å². The standard InChI is InChI=1S/C20H27NO/c1-5-20(21-14-17-8-6-7-16(4)13-17)18-9-11-19(12-10-18)22-15(2)3/h6-13,15,20-21H,5,14H2,1-4H3. The summed E-state index contributed by atoms with van der Waals surface area (Å²) in [4.78, 5) is 0. The van der Waals surface area contributed by atoms with Crippen molar-refractivity contribution in [3.63, 3.8) is 0 Å². The molecule has 1 atom stereocenters. The van der Waals surface area contributed by atoms with Crippen LogP contribution in [0, 0.1) is 6.92 Å². The zero-order valence-corrected chi connectivity index (χ0v) is 14.1. The fourth-order valence-corrected chi connectivity index (χ4v) is 2.61. The summed E-state index contributed by atoms with van der Waals surface area (Å²) in [5.41, 5.74) is 3.95. The number of hydrogen-bond donors (Lipinski definition) is 1. The van der Waals surface area contributed by atoms with E-state index in [2.05, 4.69) is 67.7 Å². The Morgan fingerprint density at radius 1 is 1.05 bits per heavy atom. The van der Waals surface area contributed by atoms with Crippen molar-refractivity contribution >= 4 is 0 Å². The van der Waals surface area contributed by atoms with Crippen LogP contribution in [0.4, 0.5) is 0 Å². The molecule has 0 spiro atoms. The molecule has 2 aromatic rings. The molecule has 0 bridgehead atoms. The van der Waals surface area contributed by atoms with Crippen LogP contribution in [0.2, 0.25) is 0 Å². The van der Waals surface area contributed by atoms with Gasteiger partial charge in [0.05, 0.1) is 6.10 Å². The van der Waals surface area contributed by atoms with Gasteiger partial charge in [-0.25, -0.2) is 0 Å². The maximum atomic E-state index is 5.70. The van der Waals surface area contributed by atoms with Crippen LogP contribution in [0.3, 0.4) is 0 Å². The van der Waals surface area contributed by atoms with E-state index in [9.17, 15) is 0 Å². The zero-order chi connectivity index (χ0) is 15.9. The summed E-state index contributed by atoms with van der Waals surface area (Å²) >= 11 is 0. The largest absolute Gasteiger partial charge is 0.491 e. The van der Waals surface area contributed by atoms with Crippen molar-refractivity contribution in [2.45, 2.75) is 52.8 Å². The normalized spacial score (nSPS) is 12.4. The van der Waals surface area contributed by atoms with Gasteiger partial charge in [-0.2, -0.15) is 0 Å². The van der Waals surface area contributed by atoms with Crippen LogP contribution >= 0.6 is 0 Å². The molecule has 0 aliphatic heterocycles. The van der Waals surface area contributed by atoms with Crippen molar-refractivity contribution in [2.24, 2.45) is 0 Å². The number of nitrogens with one attached hydrogen (secondary N) is 1. The van der Waals surface area contributed by atoms with E-state index in [1.54, 1.807) is 0 Å². The average Bonchev–Trinajstić information content (AvgIpc) is 2.49. The molecule has 2 nitrogen and oxygen atoms in total. The Bertz CT molecular complexity index is 575. The van der Waals surface area contributed by atoms with Gasteiger partial charge in [-0.1, -0.05) is 48.9 Å². The Kier molecular flexibility index (Phi) is 6.02. The summed E-state index contributed by atoms with van der Waals surface area (Å²) in [5.74, 6) is 0.937. The first-order valence-electron chi connectivity index (χ1n) is 8.14. The fourth-order valence-electron chi connectivity index (χ4n) is 2.61. The summed E-state index contributed by atoms with van der Waals surface area (Å²) < 4.78 is 5.70. The van der Waals surface area contributed by atoms with Crippen LogP contribution in [0.1, 0.15) is 49.9 Å². The number of aryl methyl sites for hydroxylation is 1. The summed E-state index contributed by atoms with van der Waals surface area (Å²) in [7, 11) is 0. The molecule has 2 rings (SSSR count). The first-order valence-corrected chi connectivity index (χ1v) is 8.14. The molecule has 0 saturated heterocycles. The van der Waals surface area contributed by atoms with Crippen molar-refractivity contribution in [3.8, 4) is 5.75 Å². The van der Waals surface area contributed by atoms with Gasteiger partial charge in [-0.15, -0.1) is 0 Å². The average molecular weight is 297 g/mol. The summed E-state index contributed by atoms with van der Waals surface area (Å²) in [6.45, 7) is 9.34. The van der Waals surface area contributed by atoms with E-state index < -0.39 is 0 Å². The Morgan fingerprint density at radius 2 is 1.77 bits per heavy atom. The van der Waals surface area contributed by atoms with E-state index in [1.165, 1.54) is 16.7 Å². The molecule has 2 heteroatoms. The van der Waals surface area contributed by atoms with Gasteiger partial charge >= 0.3 is 0 Å². The third kappa shape index (κ3) is 4.88. The van der Waals surface area contributed by atoms with E-state index in [1.807, 2.05) is 13.8 Å². The maximum absolute atomic E-state index is 5.70. The van der Waals surface area contributed by atoms with E-state index in [-0.39, 0.29) is 6.10 Å². The Balaban J connectivity index is 1.98. The van der Waals surface area contributed by atoms with Crippen LogP contribution in [0.5, 0.6) is 5.75 Å². The minimum absolute atomic E-state index is 0.215. The number of ether oxygens (including phenoxy) is 1. The lowest BCUT2D eigenvalue weighted by atomic mass is 10.0. The SMILES string of the molecule is CCC(NCc1cccc(C)c1)c1ccc(OC(C)C)cc1. The molecular weight excluding hydrogens is 270 g/mol. The van der Waals surface area contributed by atoms with Crippen molar-refractivity contribution < 1.29 is 4.74 Å². The highest BCUT2D eigenvalue weighted by Gasteiger charge is 2.09. The molecule has 2 aromatic carbocycles. The van der Waals surface area contributed by atoms with Crippen LogP contribution in [0.25, 0.3) is 0 Å². The van der Waals surface area contributed by atoms with Gasteiger partial charge in [-0.3, -0.25) is 0 Å². The molecule has 0 fully saturated rings. The molecule has 0 aliphatic rings. The highest BCUT2D eigenvalue weighted by molar-refractivity contribution is 5.29. The topological polar surface area (TPSA) is 21.3 Å². The second kappa shape index (κ2) is 8.00. The lowest BCUT2D eigenvalue weighted by molar-refractivity contribution is 0.242. The lowest BCUT2D eigenvalue weighted by Gasteiger charge is -2.18. The highest BCUT2D eigenvalue weighted by Crippen LogP contribution is 2.21. The third-order valence-electron chi connectivity index (χ3n) is 3.70. The smallest absolute Gasteiger partial charge is 0.119 e. The summed E-state index contributed by atoms with van der Waals surface area (Å²) in [6.07, 6.45) is 1.28. The van der Waals surface area contributed by atoms with Gasteiger partial charge in [0, 0.05) is 12.6 Å². The van der Waals surface area contributed by atoms with Gasteiger partial charge in [0.25, 0.3) is 0 Å². The minimum atomic E-state index is 0.215. The summed E-state index contributed by atoms with van der Waals surface area (Å²) in [5, 5.41) is 3.65. The number of rotatable bonds is 7. The van der Waals surface area contributed by atoms with Crippen molar-refractivity contribution in [1.82, 2.24) is 5.32 Å². The van der Waals surface area contributed by atoms with E-state index in [0.717, 1.165) is 18.7 Å². The molecule has 0 aromatic heterocycles. The molecule has 1 unspecified atom stereocenters. The Labute approximate surface area is 134 Å². The first-order chi connectivity index (χ1) is 10.6. The van der Waals surface area contributed by atoms with Gasteiger partial charge in [-0.05, 0) is 50.5 Å². The molecule has 0 saturated carbocycles. The Morgan fingerprint density at radius 3 is 2.36 bits per heavy atom. The molecular formula is C20H27NO. The van der Waals surface area contributed by atoms with Crippen LogP contribution in [0.15, 0.2) is 48.5 Å². The third-order valence-corrected chi connectivity index (χ3v) is 3.70. The van der Waals surface area contributed by atoms with Crippen LogP contribution < -0.4 is 10.1 Å².